The van der Waals surface area contributed by atoms with E-state index in [1.54, 1.807) is 0 Å². The highest BCUT2D eigenvalue weighted by Gasteiger charge is 2.28. The third-order valence-electron chi connectivity index (χ3n) is 3.56. The van der Waals surface area contributed by atoms with E-state index in [4.69, 9.17) is 4.74 Å². The fraction of sp³-hybridized carbons (Fsp3) is 0.600. The van der Waals surface area contributed by atoms with Gasteiger partial charge in [-0.05, 0) is 25.1 Å². The molecule has 0 aliphatic carbocycles. The van der Waals surface area contributed by atoms with E-state index >= 15 is 0 Å². The molecular weight excluding hydrogens is 224 g/mol. The minimum absolute atomic E-state index is 0.510. The standard InChI is InChI=1S/C15H24N2O/c1-3-9-16-15-12-18-11-13(15)10-17(2)14-7-5-4-6-8-14/h4-8,13,15-16H,3,9-12H2,1-2H3. The third-order valence-corrected chi connectivity index (χ3v) is 3.56. The van der Waals surface area contributed by atoms with Gasteiger partial charge in [0, 0.05) is 31.2 Å². The molecule has 1 fully saturated rings. The average Bonchev–Trinajstić information content (AvgIpc) is 2.84. The number of para-hydroxylation sites is 1. The van der Waals surface area contributed by atoms with Crippen LogP contribution in [-0.2, 0) is 4.74 Å². The van der Waals surface area contributed by atoms with Crippen LogP contribution in [0.2, 0.25) is 0 Å². The SMILES string of the molecule is CCCNC1COCC1CN(C)c1ccccc1. The van der Waals surface area contributed by atoms with Crippen molar-refractivity contribution >= 4 is 5.69 Å². The summed E-state index contributed by atoms with van der Waals surface area (Å²) in [6, 6.07) is 11.1. The summed E-state index contributed by atoms with van der Waals surface area (Å²) in [6.07, 6.45) is 1.18. The zero-order chi connectivity index (χ0) is 12.8. The lowest BCUT2D eigenvalue weighted by Gasteiger charge is -2.26. The summed E-state index contributed by atoms with van der Waals surface area (Å²) in [4.78, 5) is 2.32. The molecule has 1 aromatic rings. The lowest BCUT2D eigenvalue weighted by molar-refractivity contribution is 0.183. The highest BCUT2D eigenvalue weighted by atomic mass is 16.5. The number of ether oxygens (including phenoxy) is 1. The summed E-state index contributed by atoms with van der Waals surface area (Å²) in [7, 11) is 2.16. The predicted molar refractivity (Wildman–Crippen MR) is 76.1 cm³/mol. The van der Waals surface area contributed by atoms with Crippen molar-refractivity contribution in [1.82, 2.24) is 5.32 Å². The Morgan fingerprint density at radius 1 is 1.28 bits per heavy atom. The van der Waals surface area contributed by atoms with Gasteiger partial charge in [0.15, 0.2) is 0 Å². The van der Waals surface area contributed by atoms with Gasteiger partial charge in [0.05, 0.1) is 13.2 Å². The molecule has 1 N–H and O–H groups in total. The molecular formula is C15H24N2O. The van der Waals surface area contributed by atoms with Crippen LogP contribution in [-0.4, -0.2) is 39.4 Å². The maximum absolute atomic E-state index is 5.61. The number of hydrogen-bond acceptors (Lipinski definition) is 3. The van der Waals surface area contributed by atoms with Crippen LogP contribution in [0, 0.1) is 5.92 Å². The van der Waals surface area contributed by atoms with Crippen molar-refractivity contribution in [2.24, 2.45) is 5.92 Å². The Kier molecular flexibility index (Phi) is 5.02. The first kappa shape index (κ1) is 13.4. The second-order valence-electron chi connectivity index (χ2n) is 5.07. The van der Waals surface area contributed by atoms with Gasteiger partial charge in [-0.25, -0.2) is 0 Å². The van der Waals surface area contributed by atoms with Crippen molar-refractivity contribution < 1.29 is 4.74 Å². The number of anilines is 1. The molecule has 0 amide bonds. The molecule has 2 rings (SSSR count). The molecule has 0 aromatic heterocycles. The smallest absolute Gasteiger partial charge is 0.0624 e. The van der Waals surface area contributed by atoms with E-state index in [9.17, 15) is 0 Å². The topological polar surface area (TPSA) is 24.5 Å². The van der Waals surface area contributed by atoms with Crippen molar-refractivity contribution in [2.75, 3.05) is 38.3 Å². The van der Waals surface area contributed by atoms with Gasteiger partial charge < -0.3 is 15.0 Å². The van der Waals surface area contributed by atoms with Gasteiger partial charge in [0.25, 0.3) is 0 Å². The van der Waals surface area contributed by atoms with Gasteiger partial charge in [-0.3, -0.25) is 0 Å². The molecule has 2 unspecified atom stereocenters. The zero-order valence-electron chi connectivity index (χ0n) is 11.4. The summed E-state index contributed by atoms with van der Waals surface area (Å²) in [5.74, 6) is 0.585. The number of benzene rings is 1. The molecule has 0 spiro atoms. The summed E-state index contributed by atoms with van der Waals surface area (Å²) in [5, 5.41) is 3.59. The van der Waals surface area contributed by atoms with Gasteiger partial charge in [-0.2, -0.15) is 0 Å². The maximum atomic E-state index is 5.61. The summed E-state index contributed by atoms with van der Waals surface area (Å²) in [5.41, 5.74) is 1.28. The molecule has 18 heavy (non-hydrogen) atoms. The molecule has 2 atom stereocenters. The molecule has 1 aliphatic heterocycles. The highest BCUT2D eigenvalue weighted by Crippen LogP contribution is 2.19. The van der Waals surface area contributed by atoms with Crippen LogP contribution in [0.25, 0.3) is 0 Å². The Bertz CT molecular complexity index is 342. The second-order valence-corrected chi connectivity index (χ2v) is 5.07. The van der Waals surface area contributed by atoms with Crippen LogP contribution in [0.1, 0.15) is 13.3 Å². The van der Waals surface area contributed by atoms with E-state index in [2.05, 4.69) is 54.5 Å². The van der Waals surface area contributed by atoms with Crippen molar-refractivity contribution in [1.29, 1.82) is 0 Å². The molecule has 3 heteroatoms. The molecule has 0 bridgehead atoms. The van der Waals surface area contributed by atoms with Crippen molar-refractivity contribution in [2.45, 2.75) is 19.4 Å². The Labute approximate surface area is 110 Å². The molecule has 100 valence electrons. The lowest BCUT2D eigenvalue weighted by Crippen LogP contribution is -2.41. The first-order chi connectivity index (χ1) is 8.81. The minimum atomic E-state index is 0.510. The van der Waals surface area contributed by atoms with E-state index < -0.39 is 0 Å². The molecule has 1 aliphatic rings. The van der Waals surface area contributed by atoms with E-state index in [0.29, 0.717) is 12.0 Å². The normalized spacial score (nSPS) is 23.2. The quantitative estimate of drug-likeness (QED) is 0.835. The number of hydrogen-bond donors (Lipinski definition) is 1. The van der Waals surface area contributed by atoms with Crippen molar-refractivity contribution in [3.63, 3.8) is 0 Å². The monoisotopic (exact) mass is 248 g/mol. The average molecular weight is 248 g/mol. The highest BCUT2D eigenvalue weighted by molar-refractivity contribution is 5.45. The Morgan fingerprint density at radius 3 is 2.78 bits per heavy atom. The predicted octanol–water partition coefficient (Wildman–Crippen LogP) is 2.14. The first-order valence-electron chi connectivity index (χ1n) is 6.88. The van der Waals surface area contributed by atoms with Gasteiger partial charge >= 0.3 is 0 Å². The molecule has 3 nitrogen and oxygen atoms in total. The van der Waals surface area contributed by atoms with Gasteiger partial charge in [0.2, 0.25) is 0 Å². The summed E-state index contributed by atoms with van der Waals surface area (Å²) >= 11 is 0. The second kappa shape index (κ2) is 6.76. The van der Waals surface area contributed by atoms with Crippen LogP contribution in [0.3, 0.4) is 0 Å². The van der Waals surface area contributed by atoms with E-state index in [1.165, 1.54) is 12.1 Å². The molecule has 0 radical (unpaired) electrons. The van der Waals surface area contributed by atoms with E-state index in [0.717, 1.165) is 26.3 Å². The maximum Gasteiger partial charge on any atom is 0.0624 e. The van der Waals surface area contributed by atoms with Gasteiger partial charge in [0.1, 0.15) is 0 Å². The number of nitrogens with one attached hydrogen (secondary N) is 1. The van der Waals surface area contributed by atoms with Gasteiger partial charge in [-0.15, -0.1) is 0 Å². The number of rotatable bonds is 6. The summed E-state index contributed by atoms with van der Waals surface area (Å²) < 4.78 is 5.61. The minimum Gasteiger partial charge on any atom is -0.379 e. The van der Waals surface area contributed by atoms with Crippen LogP contribution < -0.4 is 10.2 Å². The Balaban J connectivity index is 1.88. The first-order valence-corrected chi connectivity index (χ1v) is 6.88. The molecule has 1 heterocycles. The fourth-order valence-corrected chi connectivity index (χ4v) is 2.47. The van der Waals surface area contributed by atoms with Crippen molar-refractivity contribution in [3.8, 4) is 0 Å². The number of nitrogens with zero attached hydrogens (tertiary/aromatic N) is 1. The van der Waals surface area contributed by atoms with Crippen LogP contribution in [0.4, 0.5) is 5.69 Å². The zero-order valence-corrected chi connectivity index (χ0v) is 11.4. The van der Waals surface area contributed by atoms with Gasteiger partial charge in [-0.1, -0.05) is 25.1 Å². The Morgan fingerprint density at radius 2 is 2.06 bits per heavy atom. The molecule has 0 saturated carbocycles. The largest absolute Gasteiger partial charge is 0.379 e. The molecule has 1 saturated heterocycles. The van der Waals surface area contributed by atoms with Crippen LogP contribution in [0.15, 0.2) is 30.3 Å². The van der Waals surface area contributed by atoms with E-state index in [-0.39, 0.29) is 0 Å². The Hall–Kier alpha value is -1.06. The third kappa shape index (κ3) is 3.47. The van der Waals surface area contributed by atoms with E-state index in [1.807, 2.05) is 0 Å². The van der Waals surface area contributed by atoms with Crippen molar-refractivity contribution in [3.05, 3.63) is 30.3 Å². The summed E-state index contributed by atoms with van der Waals surface area (Å²) in [6.45, 7) is 6.06. The molecule has 1 aromatic carbocycles. The van der Waals surface area contributed by atoms with Crippen LogP contribution >= 0.6 is 0 Å². The van der Waals surface area contributed by atoms with Crippen LogP contribution in [0.5, 0.6) is 0 Å². The fourth-order valence-electron chi connectivity index (χ4n) is 2.47. The lowest BCUT2D eigenvalue weighted by atomic mass is 10.0.